The molecule has 2 aromatic carbocycles. The molecule has 7 nitrogen and oxygen atoms in total. The molecule has 1 atom stereocenters. The molecule has 2 N–H and O–H groups in total. The van der Waals surface area contributed by atoms with Gasteiger partial charge in [-0.05, 0) is 36.2 Å². The third kappa shape index (κ3) is 5.37. The first-order valence-electron chi connectivity index (χ1n) is 8.48. The zero-order valence-corrected chi connectivity index (χ0v) is 17.6. The monoisotopic (exact) mass is 426 g/mol. The Balaban J connectivity index is 2.28. The van der Waals surface area contributed by atoms with Gasteiger partial charge >= 0.3 is 0 Å². The summed E-state index contributed by atoms with van der Waals surface area (Å²) in [5.41, 5.74) is 0.374. The Morgan fingerprint density at radius 2 is 1.79 bits per heavy atom. The van der Waals surface area contributed by atoms with E-state index in [0.29, 0.717) is 17.2 Å². The predicted molar refractivity (Wildman–Crippen MR) is 109 cm³/mol. The number of ether oxygens (including phenoxy) is 2. The molecular weight excluding hydrogens is 404 g/mol. The number of sulfonamides is 1. The zero-order valence-electron chi connectivity index (χ0n) is 16.0. The fourth-order valence-corrected chi connectivity index (χ4v) is 4.13. The summed E-state index contributed by atoms with van der Waals surface area (Å²) in [6, 6.07) is 9.76. The molecule has 0 saturated carbocycles. The van der Waals surface area contributed by atoms with E-state index in [-0.39, 0.29) is 15.8 Å². The number of halogens is 1. The molecule has 0 radical (unpaired) electrons. The number of hydrogen-bond acceptors (Lipinski definition) is 5. The highest BCUT2D eigenvalue weighted by atomic mass is 35.5. The molecule has 0 bridgehead atoms. The highest BCUT2D eigenvalue weighted by molar-refractivity contribution is 7.89. The Hall–Kier alpha value is -2.29. The van der Waals surface area contributed by atoms with Crippen molar-refractivity contribution in [3.63, 3.8) is 0 Å². The first-order valence-corrected chi connectivity index (χ1v) is 10.3. The maximum absolute atomic E-state index is 12.8. The predicted octanol–water partition coefficient (Wildman–Crippen LogP) is 3.30. The number of benzene rings is 2. The van der Waals surface area contributed by atoms with Crippen molar-refractivity contribution in [3.05, 3.63) is 47.5 Å². The highest BCUT2D eigenvalue weighted by Gasteiger charge is 2.29. The van der Waals surface area contributed by atoms with Crippen LogP contribution in [0, 0.1) is 5.92 Å². The van der Waals surface area contributed by atoms with Crippen molar-refractivity contribution in [2.45, 2.75) is 24.8 Å². The minimum Gasteiger partial charge on any atom is -0.497 e. The van der Waals surface area contributed by atoms with E-state index in [0.717, 1.165) is 0 Å². The summed E-state index contributed by atoms with van der Waals surface area (Å²) >= 11 is 5.88. The van der Waals surface area contributed by atoms with Crippen molar-refractivity contribution >= 4 is 33.2 Å². The molecule has 0 aliphatic carbocycles. The van der Waals surface area contributed by atoms with Crippen molar-refractivity contribution in [3.8, 4) is 11.5 Å². The molecule has 0 aromatic heterocycles. The topological polar surface area (TPSA) is 93.7 Å². The molecule has 0 saturated heterocycles. The van der Waals surface area contributed by atoms with Crippen molar-refractivity contribution in [2.75, 3.05) is 19.5 Å². The lowest BCUT2D eigenvalue weighted by Gasteiger charge is -2.22. The van der Waals surface area contributed by atoms with Crippen LogP contribution in [0.1, 0.15) is 13.8 Å². The summed E-state index contributed by atoms with van der Waals surface area (Å²) in [5.74, 6) is 0.115. The maximum atomic E-state index is 12.8. The third-order valence-corrected chi connectivity index (χ3v) is 5.68. The van der Waals surface area contributed by atoms with Gasteiger partial charge in [0, 0.05) is 11.1 Å². The van der Waals surface area contributed by atoms with Crippen LogP contribution < -0.4 is 19.5 Å². The Morgan fingerprint density at radius 1 is 1.07 bits per heavy atom. The van der Waals surface area contributed by atoms with Crippen molar-refractivity contribution in [1.82, 2.24) is 4.72 Å². The Labute approximate surface area is 170 Å². The number of anilines is 1. The molecule has 2 aromatic rings. The number of carbonyl (C=O) groups is 1. The van der Waals surface area contributed by atoms with E-state index >= 15 is 0 Å². The van der Waals surface area contributed by atoms with Crippen molar-refractivity contribution < 1.29 is 22.7 Å². The first-order chi connectivity index (χ1) is 13.2. The average molecular weight is 427 g/mol. The summed E-state index contributed by atoms with van der Waals surface area (Å²) in [6.07, 6.45) is 0. The Bertz CT molecular complexity index is 947. The van der Waals surface area contributed by atoms with Crippen LogP contribution in [0.3, 0.4) is 0 Å². The Morgan fingerprint density at radius 3 is 2.36 bits per heavy atom. The number of rotatable bonds is 8. The molecule has 0 unspecified atom stereocenters. The van der Waals surface area contributed by atoms with Crippen LogP contribution in [0.2, 0.25) is 5.02 Å². The smallest absolute Gasteiger partial charge is 0.242 e. The second kappa shape index (κ2) is 9.27. The normalized spacial score (nSPS) is 12.5. The molecule has 0 aliphatic heterocycles. The molecule has 0 aliphatic rings. The van der Waals surface area contributed by atoms with Gasteiger partial charge in [0.1, 0.15) is 17.5 Å². The number of methoxy groups -OCH3 is 2. The van der Waals surface area contributed by atoms with E-state index in [1.165, 1.54) is 32.4 Å². The van der Waals surface area contributed by atoms with E-state index < -0.39 is 22.0 Å². The summed E-state index contributed by atoms with van der Waals surface area (Å²) < 4.78 is 38.2. The number of nitrogens with one attached hydrogen (secondary N) is 2. The fourth-order valence-electron chi connectivity index (χ4n) is 2.48. The van der Waals surface area contributed by atoms with Crippen LogP contribution in [0.4, 0.5) is 5.69 Å². The van der Waals surface area contributed by atoms with Gasteiger partial charge < -0.3 is 14.8 Å². The summed E-state index contributed by atoms with van der Waals surface area (Å²) in [6.45, 7) is 3.49. The summed E-state index contributed by atoms with van der Waals surface area (Å²) in [4.78, 5) is 12.8. The van der Waals surface area contributed by atoms with Crippen LogP contribution in [0.15, 0.2) is 47.4 Å². The van der Waals surface area contributed by atoms with Gasteiger partial charge in [0.15, 0.2) is 0 Å². The number of hydrogen-bond donors (Lipinski definition) is 2. The molecule has 9 heteroatoms. The molecular formula is C19H23ClN2O5S. The molecule has 1 amide bonds. The van der Waals surface area contributed by atoms with E-state index in [2.05, 4.69) is 10.0 Å². The van der Waals surface area contributed by atoms with Gasteiger partial charge in [-0.15, -0.1) is 0 Å². The maximum Gasteiger partial charge on any atom is 0.242 e. The van der Waals surface area contributed by atoms with Crippen molar-refractivity contribution in [2.24, 2.45) is 5.92 Å². The molecule has 0 fully saturated rings. The van der Waals surface area contributed by atoms with Crippen molar-refractivity contribution in [1.29, 1.82) is 0 Å². The lowest BCUT2D eigenvalue weighted by molar-refractivity contribution is -0.118. The van der Waals surface area contributed by atoms with E-state index in [9.17, 15) is 13.2 Å². The van der Waals surface area contributed by atoms with Gasteiger partial charge in [0.2, 0.25) is 15.9 Å². The van der Waals surface area contributed by atoms with Crippen LogP contribution in [0.25, 0.3) is 0 Å². The second-order valence-corrected chi connectivity index (χ2v) is 8.51. The van der Waals surface area contributed by atoms with Crippen LogP contribution in [0.5, 0.6) is 11.5 Å². The van der Waals surface area contributed by atoms with E-state index in [1.54, 1.807) is 38.1 Å². The lowest BCUT2D eigenvalue weighted by atomic mass is 10.0. The lowest BCUT2D eigenvalue weighted by Crippen LogP contribution is -2.47. The highest BCUT2D eigenvalue weighted by Crippen LogP contribution is 2.29. The van der Waals surface area contributed by atoms with E-state index in [4.69, 9.17) is 21.1 Å². The quantitative estimate of drug-likeness (QED) is 0.675. The van der Waals surface area contributed by atoms with Crippen LogP contribution >= 0.6 is 11.6 Å². The fraction of sp³-hybridized carbons (Fsp3) is 0.316. The molecule has 0 spiro atoms. The largest absolute Gasteiger partial charge is 0.497 e. The zero-order chi connectivity index (χ0) is 20.9. The first kappa shape index (κ1) is 22.0. The van der Waals surface area contributed by atoms with Gasteiger partial charge in [-0.3, -0.25) is 4.79 Å². The standard InChI is InChI=1S/C19H23ClN2O5S/c1-12(2)18(22-28(24,25)15-7-5-6-13(20)10-15)19(23)21-16-11-14(26-3)8-9-17(16)27-4/h5-12,18,22H,1-4H3,(H,21,23)/t18-/m0/s1. The summed E-state index contributed by atoms with van der Waals surface area (Å²) in [5, 5.41) is 2.99. The SMILES string of the molecule is COc1ccc(OC)c(NC(=O)[C@@H](NS(=O)(=O)c2cccc(Cl)c2)C(C)C)c1. The van der Waals surface area contributed by atoms with Gasteiger partial charge in [-0.25, -0.2) is 8.42 Å². The van der Waals surface area contributed by atoms with Crippen LogP contribution in [-0.2, 0) is 14.8 Å². The minimum absolute atomic E-state index is 0.0163. The number of carbonyl (C=O) groups excluding carboxylic acids is 1. The molecule has 152 valence electrons. The van der Waals surface area contributed by atoms with Gasteiger partial charge in [0.25, 0.3) is 0 Å². The Kier molecular flexibility index (Phi) is 7.29. The molecule has 2 rings (SSSR count). The third-order valence-electron chi connectivity index (χ3n) is 4.00. The second-order valence-electron chi connectivity index (χ2n) is 6.36. The molecule has 28 heavy (non-hydrogen) atoms. The van der Waals surface area contributed by atoms with Crippen LogP contribution in [-0.4, -0.2) is 34.6 Å². The van der Waals surface area contributed by atoms with E-state index in [1.807, 2.05) is 0 Å². The minimum atomic E-state index is -3.94. The van der Waals surface area contributed by atoms with Gasteiger partial charge in [-0.1, -0.05) is 31.5 Å². The summed E-state index contributed by atoms with van der Waals surface area (Å²) in [7, 11) is -0.969. The molecule has 0 heterocycles. The number of amides is 1. The average Bonchev–Trinajstić information content (AvgIpc) is 2.65. The van der Waals surface area contributed by atoms with Gasteiger partial charge in [-0.2, -0.15) is 4.72 Å². The van der Waals surface area contributed by atoms with Gasteiger partial charge in [0.05, 0.1) is 24.8 Å².